The van der Waals surface area contributed by atoms with Crippen LogP contribution in [0.15, 0.2) is 42.5 Å². The van der Waals surface area contributed by atoms with Crippen LogP contribution in [0.25, 0.3) is 0 Å². The summed E-state index contributed by atoms with van der Waals surface area (Å²) in [6.07, 6.45) is 0. The van der Waals surface area contributed by atoms with Crippen LogP contribution in [0.3, 0.4) is 0 Å². The minimum Gasteiger partial charge on any atom is -0.377 e. The Labute approximate surface area is 130 Å². The number of rotatable bonds is 4. The molecule has 6 heteroatoms. The molecule has 2 rings (SSSR count). The van der Waals surface area contributed by atoms with Gasteiger partial charge in [0, 0.05) is 5.56 Å². The molecule has 0 saturated carbocycles. The van der Waals surface area contributed by atoms with Gasteiger partial charge in [0.1, 0.15) is 0 Å². The van der Waals surface area contributed by atoms with E-state index in [2.05, 4.69) is 5.32 Å². The first-order chi connectivity index (χ1) is 9.40. The van der Waals surface area contributed by atoms with E-state index in [0.29, 0.717) is 5.69 Å². The van der Waals surface area contributed by atoms with Gasteiger partial charge >= 0.3 is 0 Å². The highest BCUT2D eigenvalue weighted by molar-refractivity contribution is 6.44. The normalized spacial score (nSPS) is 11.4. The summed E-state index contributed by atoms with van der Waals surface area (Å²) in [7, 11) is 0. The van der Waals surface area contributed by atoms with Crippen molar-refractivity contribution in [3.63, 3.8) is 0 Å². The van der Waals surface area contributed by atoms with Crippen LogP contribution in [-0.4, -0.2) is 6.54 Å². The number of alkyl halides is 2. The van der Waals surface area contributed by atoms with E-state index in [0.717, 1.165) is 0 Å². The van der Waals surface area contributed by atoms with Crippen LogP contribution in [0, 0.1) is 0 Å². The van der Waals surface area contributed by atoms with Crippen LogP contribution in [-0.2, 0) is 5.92 Å². The monoisotopic (exact) mass is 335 g/mol. The maximum absolute atomic E-state index is 14.0. The van der Waals surface area contributed by atoms with E-state index in [9.17, 15) is 8.78 Å². The smallest absolute Gasteiger partial charge is 0.290 e. The predicted molar refractivity (Wildman–Crippen MR) is 80.3 cm³/mol. The molecule has 0 aliphatic heterocycles. The van der Waals surface area contributed by atoms with Gasteiger partial charge in [-0.25, -0.2) is 0 Å². The van der Waals surface area contributed by atoms with Gasteiger partial charge in [-0.15, -0.1) is 0 Å². The fourth-order valence-corrected chi connectivity index (χ4v) is 2.26. The molecule has 2 aromatic rings. The van der Waals surface area contributed by atoms with Crippen molar-refractivity contribution in [1.29, 1.82) is 0 Å². The molecule has 0 saturated heterocycles. The Morgan fingerprint density at radius 3 is 2.15 bits per heavy atom. The van der Waals surface area contributed by atoms with Crippen LogP contribution in [0.4, 0.5) is 14.5 Å². The first-order valence-corrected chi connectivity index (χ1v) is 6.85. The molecule has 0 aromatic heterocycles. The third-order valence-corrected chi connectivity index (χ3v) is 3.74. The molecule has 0 radical (unpaired) electrons. The van der Waals surface area contributed by atoms with Crippen molar-refractivity contribution >= 4 is 40.5 Å². The lowest BCUT2D eigenvalue weighted by Crippen LogP contribution is -2.24. The SMILES string of the molecule is FC(F)(CNc1cc(Cl)c(Cl)cc1Cl)c1ccccc1. The number of hydrogen-bond donors (Lipinski definition) is 1. The van der Waals surface area contributed by atoms with Gasteiger partial charge in [-0.2, -0.15) is 8.78 Å². The van der Waals surface area contributed by atoms with Gasteiger partial charge in [0.2, 0.25) is 0 Å². The number of nitrogens with one attached hydrogen (secondary N) is 1. The summed E-state index contributed by atoms with van der Waals surface area (Å²) < 4.78 is 28.0. The zero-order valence-electron chi connectivity index (χ0n) is 10.1. The molecular formula is C14H10Cl3F2N. The maximum Gasteiger partial charge on any atom is 0.290 e. The second-order valence-corrected chi connectivity index (χ2v) is 5.39. The van der Waals surface area contributed by atoms with E-state index in [1.807, 2.05) is 0 Å². The Morgan fingerprint density at radius 1 is 0.900 bits per heavy atom. The van der Waals surface area contributed by atoms with Gasteiger partial charge in [-0.05, 0) is 12.1 Å². The van der Waals surface area contributed by atoms with Crippen LogP contribution in [0.5, 0.6) is 0 Å². The molecular weight excluding hydrogens is 327 g/mol. The molecule has 1 N–H and O–H groups in total. The molecule has 1 nitrogen and oxygen atoms in total. The van der Waals surface area contributed by atoms with Gasteiger partial charge < -0.3 is 5.32 Å². The quantitative estimate of drug-likeness (QED) is 0.690. The molecule has 0 amide bonds. The second kappa shape index (κ2) is 6.17. The van der Waals surface area contributed by atoms with E-state index in [1.54, 1.807) is 18.2 Å². The van der Waals surface area contributed by atoms with Gasteiger partial charge in [0.05, 0.1) is 27.3 Å². The fourth-order valence-electron chi connectivity index (χ4n) is 1.65. The van der Waals surface area contributed by atoms with E-state index in [-0.39, 0.29) is 20.6 Å². The molecule has 20 heavy (non-hydrogen) atoms. The van der Waals surface area contributed by atoms with E-state index >= 15 is 0 Å². The standard InChI is InChI=1S/C14H10Cl3F2N/c15-10-6-12(17)13(7-11(10)16)20-8-14(18,19)9-4-2-1-3-5-9/h1-7,20H,8H2. The summed E-state index contributed by atoms with van der Waals surface area (Å²) >= 11 is 17.5. The van der Waals surface area contributed by atoms with Gasteiger partial charge in [-0.1, -0.05) is 65.1 Å². The summed E-state index contributed by atoms with van der Waals surface area (Å²) in [5.41, 5.74) is 0.250. The third kappa shape index (κ3) is 3.54. The second-order valence-electron chi connectivity index (χ2n) is 4.17. The molecule has 0 aliphatic carbocycles. The van der Waals surface area contributed by atoms with Crippen molar-refractivity contribution < 1.29 is 8.78 Å². The lowest BCUT2D eigenvalue weighted by molar-refractivity contribution is 0.0106. The zero-order valence-corrected chi connectivity index (χ0v) is 12.4. The number of benzene rings is 2. The molecule has 0 unspecified atom stereocenters. The average molecular weight is 337 g/mol. The first-order valence-electron chi connectivity index (χ1n) is 5.72. The molecule has 0 atom stereocenters. The van der Waals surface area contributed by atoms with Gasteiger partial charge in [-0.3, -0.25) is 0 Å². The van der Waals surface area contributed by atoms with Crippen molar-refractivity contribution in [1.82, 2.24) is 0 Å². The van der Waals surface area contributed by atoms with E-state index in [4.69, 9.17) is 34.8 Å². The highest BCUT2D eigenvalue weighted by Gasteiger charge is 2.31. The Balaban J connectivity index is 2.14. The Bertz CT molecular complexity index is 603. The van der Waals surface area contributed by atoms with E-state index in [1.165, 1.54) is 24.3 Å². The number of hydrogen-bond acceptors (Lipinski definition) is 1. The number of halogens is 5. The third-order valence-electron chi connectivity index (χ3n) is 2.71. The topological polar surface area (TPSA) is 12.0 Å². The predicted octanol–water partition coefficient (Wildman–Crippen LogP) is 5.85. The molecule has 0 fully saturated rings. The summed E-state index contributed by atoms with van der Waals surface area (Å²) in [5.74, 6) is -3.02. The van der Waals surface area contributed by atoms with Crippen LogP contribution in [0.1, 0.15) is 5.56 Å². The Morgan fingerprint density at radius 2 is 1.50 bits per heavy atom. The molecule has 0 heterocycles. The summed E-state index contributed by atoms with van der Waals surface area (Å²) in [4.78, 5) is 0. The Hall–Kier alpha value is -1.03. The summed E-state index contributed by atoms with van der Waals surface area (Å²) in [6, 6.07) is 10.4. The minimum atomic E-state index is -3.02. The average Bonchev–Trinajstić information content (AvgIpc) is 2.42. The van der Waals surface area contributed by atoms with Crippen molar-refractivity contribution in [2.45, 2.75) is 5.92 Å². The number of anilines is 1. The summed E-state index contributed by atoms with van der Waals surface area (Å²) in [6.45, 7) is -0.589. The Kier molecular flexibility index (Phi) is 4.74. The zero-order chi connectivity index (χ0) is 14.8. The molecule has 2 aromatic carbocycles. The van der Waals surface area contributed by atoms with Crippen molar-refractivity contribution in [2.75, 3.05) is 11.9 Å². The van der Waals surface area contributed by atoms with Crippen LogP contribution in [0.2, 0.25) is 15.1 Å². The lowest BCUT2D eigenvalue weighted by Gasteiger charge is -2.19. The first kappa shape index (κ1) is 15.4. The molecule has 0 aliphatic rings. The highest BCUT2D eigenvalue weighted by Crippen LogP contribution is 2.34. The van der Waals surface area contributed by atoms with Gasteiger partial charge in [0.25, 0.3) is 5.92 Å². The maximum atomic E-state index is 14.0. The van der Waals surface area contributed by atoms with Crippen molar-refractivity contribution in [3.8, 4) is 0 Å². The largest absolute Gasteiger partial charge is 0.377 e. The van der Waals surface area contributed by atoms with E-state index < -0.39 is 12.5 Å². The minimum absolute atomic E-state index is 0.0660. The molecule has 106 valence electrons. The van der Waals surface area contributed by atoms with Crippen LogP contribution >= 0.6 is 34.8 Å². The van der Waals surface area contributed by atoms with Crippen molar-refractivity contribution in [3.05, 3.63) is 63.1 Å². The van der Waals surface area contributed by atoms with Crippen LogP contribution < -0.4 is 5.32 Å². The molecule has 0 bridgehead atoms. The van der Waals surface area contributed by atoms with Crippen molar-refractivity contribution in [2.24, 2.45) is 0 Å². The summed E-state index contributed by atoms with van der Waals surface area (Å²) in [5, 5.41) is 3.36. The van der Waals surface area contributed by atoms with Gasteiger partial charge in [0.15, 0.2) is 0 Å². The fraction of sp³-hybridized carbons (Fsp3) is 0.143. The highest BCUT2D eigenvalue weighted by atomic mass is 35.5. The molecule has 0 spiro atoms. The lowest BCUT2D eigenvalue weighted by atomic mass is 10.1.